The number of nitrogens with zero attached hydrogens (tertiary/aromatic N) is 5. The number of aldehydes is 1. The number of rotatable bonds is 7. The molecule has 3 aliphatic rings. The predicted octanol–water partition coefficient (Wildman–Crippen LogP) is 6.14. The largest absolute Gasteiger partial charge is 0.392 e. The summed E-state index contributed by atoms with van der Waals surface area (Å²) in [5, 5.41) is 11.6. The van der Waals surface area contributed by atoms with E-state index in [-0.39, 0.29) is 6.61 Å². The van der Waals surface area contributed by atoms with E-state index in [4.69, 9.17) is 4.98 Å². The summed E-state index contributed by atoms with van der Waals surface area (Å²) < 4.78 is 0. The number of piperazine rings is 1. The number of anilines is 2. The van der Waals surface area contributed by atoms with Gasteiger partial charge in [0.2, 0.25) is 0 Å². The molecule has 1 saturated heterocycles. The fourth-order valence-electron chi connectivity index (χ4n) is 6.88. The number of nitrogens with one attached hydrogen (secondary N) is 1. The van der Waals surface area contributed by atoms with Crippen LogP contribution in [0.4, 0.5) is 11.4 Å². The normalized spacial score (nSPS) is 18.4. The van der Waals surface area contributed by atoms with E-state index in [1.165, 1.54) is 24.1 Å². The highest BCUT2D eigenvalue weighted by Crippen LogP contribution is 2.44. The number of aliphatic hydroxyl groups excluding tert-OH is 1. The van der Waals surface area contributed by atoms with E-state index < -0.39 is 6.04 Å². The Morgan fingerprint density at radius 2 is 1.80 bits per heavy atom. The Morgan fingerprint density at radius 1 is 0.978 bits per heavy atom. The summed E-state index contributed by atoms with van der Waals surface area (Å²) in [7, 11) is 2.17. The summed E-state index contributed by atoms with van der Waals surface area (Å²) in [6.07, 6.45) is 9.06. The first kappa shape index (κ1) is 27.7. The predicted molar refractivity (Wildman–Crippen MR) is 179 cm³/mol. The van der Waals surface area contributed by atoms with Gasteiger partial charge >= 0.3 is 0 Å². The van der Waals surface area contributed by atoms with Gasteiger partial charge in [-0.3, -0.25) is 0 Å². The molecule has 8 nitrogen and oxygen atoms in total. The van der Waals surface area contributed by atoms with E-state index in [0.29, 0.717) is 11.5 Å². The minimum Gasteiger partial charge on any atom is -0.392 e. The average Bonchev–Trinajstić information content (AvgIpc) is 3.85. The number of aromatic nitrogens is 3. The first-order valence-corrected chi connectivity index (χ1v) is 15.8. The molecule has 0 bridgehead atoms. The molecule has 2 aromatic heterocycles. The van der Waals surface area contributed by atoms with Crippen LogP contribution in [0.15, 0.2) is 79.3 Å². The van der Waals surface area contributed by atoms with Gasteiger partial charge in [0, 0.05) is 66.0 Å². The fourth-order valence-corrected chi connectivity index (χ4v) is 6.88. The Labute approximate surface area is 262 Å². The maximum Gasteiger partial charge on any atom is 0.147 e. The number of hydrogen-bond acceptors (Lipinski definition) is 7. The number of likely N-dealkylation sites (N-methyl/N-ethyl adjacent to an activating group) is 1. The van der Waals surface area contributed by atoms with Crippen molar-refractivity contribution in [2.24, 2.45) is 0 Å². The molecule has 8 rings (SSSR count). The molecule has 0 amide bonds. The molecule has 2 N–H and O–H groups in total. The second-order valence-corrected chi connectivity index (χ2v) is 12.4. The van der Waals surface area contributed by atoms with Gasteiger partial charge in [-0.05, 0) is 78.4 Å². The Kier molecular flexibility index (Phi) is 6.96. The molecule has 8 heteroatoms. The molecular formula is C37H36N6O2. The smallest absolute Gasteiger partial charge is 0.147 e. The Morgan fingerprint density at radius 3 is 2.56 bits per heavy atom. The molecule has 4 heterocycles. The summed E-state index contributed by atoms with van der Waals surface area (Å²) >= 11 is 0. The third kappa shape index (κ3) is 5.00. The van der Waals surface area contributed by atoms with Gasteiger partial charge in [0.15, 0.2) is 0 Å². The molecule has 2 fully saturated rings. The average molecular weight is 597 g/mol. The minimum atomic E-state index is -0.489. The van der Waals surface area contributed by atoms with Crippen molar-refractivity contribution in [2.75, 3.05) is 43.0 Å². The summed E-state index contributed by atoms with van der Waals surface area (Å²) in [6, 6.07) is 22.7. The molecule has 226 valence electrons. The van der Waals surface area contributed by atoms with E-state index in [0.717, 1.165) is 82.8 Å². The monoisotopic (exact) mass is 596 g/mol. The maximum atomic E-state index is 12.6. The van der Waals surface area contributed by atoms with E-state index in [1.54, 1.807) is 6.33 Å². The summed E-state index contributed by atoms with van der Waals surface area (Å²) in [6.45, 7) is 4.00. The van der Waals surface area contributed by atoms with Crippen LogP contribution in [0.2, 0.25) is 0 Å². The lowest BCUT2D eigenvalue weighted by atomic mass is 9.92. The molecule has 1 atom stereocenters. The quantitative estimate of drug-likeness (QED) is 0.218. The van der Waals surface area contributed by atoms with Gasteiger partial charge in [-0.1, -0.05) is 42.5 Å². The molecule has 0 spiro atoms. The standard InChI is InChI=1S/C37H36N6O2/c1-41-15-17-42(18-16-41)28-10-7-25(8-11-28)33-20-31-36(38-23-39-37(31)40-33)30-3-2-4-34(32(30)21-44)43-14-13-27-19-26(24-5-6-24)9-12-29(27)35(43)22-45/h2-4,7-14,19-20,22-24,35,44H,5-6,15-18,21H2,1H3,(H,38,39,40). The van der Waals surface area contributed by atoms with Crippen LogP contribution in [0.1, 0.15) is 47.1 Å². The minimum absolute atomic E-state index is 0.203. The Hall–Kier alpha value is -4.79. The number of hydrogen-bond donors (Lipinski definition) is 2. The Bertz CT molecular complexity index is 1920. The van der Waals surface area contributed by atoms with Crippen LogP contribution < -0.4 is 9.80 Å². The number of aromatic amines is 1. The van der Waals surface area contributed by atoms with E-state index in [9.17, 15) is 9.90 Å². The molecular weight excluding hydrogens is 560 g/mol. The van der Waals surface area contributed by atoms with Gasteiger partial charge in [-0.25, -0.2) is 9.97 Å². The first-order chi connectivity index (χ1) is 22.1. The summed E-state index contributed by atoms with van der Waals surface area (Å²) in [5.74, 6) is 0.647. The zero-order valence-electron chi connectivity index (χ0n) is 25.4. The molecule has 45 heavy (non-hydrogen) atoms. The lowest BCUT2D eigenvalue weighted by Crippen LogP contribution is -2.44. The number of carbonyl (C=O) groups is 1. The number of H-pyrrole nitrogens is 1. The van der Waals surface area contributed by atoms with Crippen LogP contribution in [-0.4, -0.2) is 64.5 Å². The van der Waals surface area contributed by atoms with Crippen LogP contribution in [0, 0.1) is 0 Å². The molecule has 1 unspecified atom stereocenters. The van der Waals surface area contributed by atoms with E-state index in [1.807, 2.05) is 29.3 Å². The number of carbonyl (C=O) groups excluding carboxylic acids is 1. The van der Waals surface area contributed by atoms with Gasteiger partial charge in [0.1, 0.15) is 24.3 Å². The van der Waals surface area contributed by atoms with Crippen molar-refractivity contribution in [3.05, 3.63) is 102 Å². The van der Waals surface area contributed by atoms with Crippen molar-refractivity contribution in [3.8, 4) is 22.5 Å². The van der Waals surface area contributed by atoms with Gasteiger partial charge in [0.05, 0.1) is 12.3 Å². The third-order valence-corrected chi connectivity index (χ3v) is 9.64. The van der Waals surface area contributed by atoms with Crippen LogP contribution in [0.3, 0.4) is 0 Å². The molecule has 1 saturated carbocycles. The van der Waals surface area contributed by atoms with Crippen LogP contribution in [0.25, 0.3) is 39.6 Å². The van der Waals surface area contributed by atoms with Crippen molar-refractivity contribution in [3.63, 3.8) is 0 Å². The number of benzene rings is 3. The van der Waals surface area contributed by atoms with Crippen LogP contribution in [0.5, 0.6) is 0 Å². The Balaban J connectivity index is 1.14. The van der Waals surface area contributed by atoms with Crippen LogP contribution in [-0.2, 0) is 11.4 Å². The fraction of sp³-hybridized carbons (Fsp3) is 0.270. The highest BCUT2D eigenvalue weighted by Gasteiger charge is 2.30. The number of aliphatic hydroxyl groups is 1. The molecule has 2 aliphatic heterocycles. The molecule has 1 aliphatic carbocycles. The maximum absolute atomic E-state index is 12.6. The van der Waals surface area contributed by atoms with E-state index in [2.05, 4.69) is 81.4 Å². The molecule has 3 aromatic carbocycles. The number of fused-ring (bicyclic) bond motifs is 2. The molecule has 5 aromatic rings. The van der Waals surface area contributed by atoms with Gasteiger partial charge in [0.25, 0.3) is 0 Å². The van der Waals surface area contributed by atoms with Crippen molar-refractivity contribution >= 4 is 34.8 Å². The second kappa shape index (κ2) is 11.3. The molecule has 0 radical (unpaired) electrons. The topological polar surface area (TPSA) is 88.6 Å². The van der Waals surface area contributed by atoms with Gasteiger partial charge < -0.3 is 29.6 Å². The zero-order chi connectivity index (χ0) is 30.5. The van der Waals surface area contributed by atoms with Crippen molar-refractivity contribution < 1.29 is 9.90 Å². The van der Waals surface area contributed by atoms with Crippen molar-refractivity contribution in [1.29, 1.82) is 0 Å². The van der Waals surface area contributed by atoms with Gasteiger partial charge in [-0.2, -0.15) is 0 Å². The van der Waals surface area contributed by atoms with E-state index >= 15 is 0 Å². The lowest BCUT2D eigenvalue weighted by Gasteiger charge is -2.34. The summed E-state index contributed by atoms with van der Waals surface area (Å²) in [5.41, 5.74) is 10.5. The highest BCUT2D eigenvalue weighted by molar-refractivity contribution is 5.96. The summed E-state index contributed by atoms with van der Waals surface area (Å²) in [4.78, 5) is 32.0. The first-order valence-electron chi connectivity index (χ1n) is 15.8. The second-order valence-electron chi connectivity index (χ2n) is 12.4. The SMILES string of the molecule is CN1CCN(c2ccc(-c3cc4c(-c5cccc(N6C=Cc7cc(C8CC8)ccc7C6C=O)c5CO)ncnc4[nH]3)cc2)CC1. The zero-order valence-corrected chi connectivity index (χ0v) is 25.4. The van der Waals surface area contributed by atoms with Crippen molar-refractivity contribution in [1.82, 2.24) is 19.9 Å². The van der Waals surface area contributed by atoms with Crippen molar-refractivity contribution in [2.45, 2.75) is 31.4 Å². The third-order valence-electron chi connectivity index (χ3n) is 9.64. The van der Waals surface area contributed by atoms with Crippen LogP contribution >= 0.6 is 0 Å². The highest BCUT2D eigenvalue weighted by atomic mass is 16.3. The lowest BCUT2D eigenvalue weighted by molar-refractivity contribution is -0.109. The van der Waals surface area contributed by atoms with Gasteiger partial charge in [-0.15, -0.1) is 0 Å².